The van der Waals surface area contributed by atoms with Crippen LogP contribution in [0.4, 0.5) is 5.82 Å². The molecular formula is C12H14Cl2N2O4. The second kappa shape index (κ2) is 8.04. The second-order valence-electron chi connectivity index (χ2n) is 3.74. The van der Waals surface area contributed by atoms with E-state index in [4.69, 9.17) is 32.7 Å². The molecule has 1 unspecified atom stereocenters. The average molecular weight is 321 g/mol. The molecule has 0 fully saturated rings. The zero-order valence-corrected chi connectivity index (χ0v) is 12.5. The summed E-state index contributed by atoms with van der Waals surface area (Å²) >= 11 is 11.6. The van der Waals surface area contributed by atoms with E-state index in [0.717, 1.165) is 0 Å². The van der Waals surface area contributed by atoms with Crippen LogP contribution >= 0.6 is 23.2 Å². The molecule has 1 aromatic heterocycles. The molecule has 0 bridgehead atoms. The van der Waals surface area contributed by atoms with Crippen molar-refractivity contribution in [3.63, 3.8) is 0 Å². The summed E-state index contributed by atoms with van der Waals surface area (Å²) in [4.78, 5) is 27.0. The van der Waals surface area contributed by atoms with Gasteiger partial charge >= 0.3 is 5.97 Å². The minimum Gasteiger partial charge on any atom is -0.451 e. The van der Waals surface area contributed by atoms with Crippen molar-refractivity contribution >= 4 is 40.9 Å². The predicted octanol–water partition coefficient (Wildman–Crippen LogP) is 2.30. The molecule has 1 amide bonds. The smallest absolute Gasteiger partial charge is 0.332 e. The Hall–Kier alpha value is -1.37. The summed E-state index contributed by atoms with van der Waals surface area (Å²) < 4.78 is 9.75. The average Bonchev–Trinajstić information content (AvgIpc) is 2.39. The molecular weight excluding hydrogens is 307 g/mol. The zero-order valence-electron chi connectivity index (χ0n) is 11.0. The zero-order chi connectivity index (χ0) is 15.1. The van der Waals surface area contributed by atoms with E-state index in [0.29, 0.717) is 11.6 Å². The molecule has 0 radical (unpaired) electrons. The lowest BCUT2D eigenvalue weighted by atomic mass is 10.3. The standard InChI is InChI=1S/C12H14Cl2N2O4/c1-3-19-6-10(17)20-7(2)12(18)16-11-9(14)4-8(13)5-15-11/h4-5,7H,3,6H2,1-2H3,(H,15,16,18). The Labute approximate surface area is 126 Å². The highest BCUT2D eigenvalue weighted by atomic mass is 35.5. The molecule has 20 heavy (non-hydrogen) atoms. The van der Waals surface area contributed by atoms with Gasteiger partial charge in [0.05, 0.1) is 10.0 Å². The summed E-state index contributed by atoms with van der Waals surface area (Å²) in [5.74, 6) is -1.02. The molecule has 110 valence electrons. The number of nitrogens with one attached hydrogen (secondary N) is 1. The van der Waals surface area contributed by atoms with Crippen LogP contribution in [-0.4, -0.2) is 36.2 Å². The van der Waals surface area contributed by atoms with Crippen molar-refractivity contribution in [2.45, 2.75) is 20.0 Å². The van der Waals surface area contributed by atoms with Crippen LogP contribution in [0.25, 0.3) is 0 Å². The second-order valence-corrected chi connectivity index (χ2v) is 4.59. The van der Waals surface area contributed by atoms with Gasteiger partial charge in [-0.2, -0.15) is 0 Å². The van der Waals surface area contributed by atoms with E-state index in [9.17, 15) is 9.59 Å². The van der Waals surface area contributed by atoms with Gasteiger partial charge in [-0.1, -0.05) is 23.2 Å². The van der Waals surface area contributed by atoms with Gasteiger partial charge < -0.3 is 14.8 Å². The molecule has 8 heteroatoms. The lowest BCUT2D eigenvalue weighted by Crippen LogP contribution is -2.31. The van der Waals surface area contributed by atoms with Gasteiger partial charge in [-0.15, -0.1) is 0 Å². The monoisotopic (exact) mass is 320 g/mol. The number of ether oxygens (including phenoxy) is 2. The maximum Gasteiger partial charge on any atom is 0.332 e. The lowest BCUT2D eigenvalue weighted by Gasteiger charge is -2.13. The van der Waals surface area contributed by atoms with E-state index in [1.165, 1.54) is 19.2 Å². The van der Waals surface area contributed by atoms with Gasteiger partial charge in [-0.05, 0) is 19.9 Å². The Morgan fingerprint density at radius 1 is 1.45 bits per heavy atom. The Bertz CT molecular complexity index is 496. The summed E-state index contributed by atoms with van der Waals surface area (Å²) in [6, 6.07) is 1.44. The molecule has 1 aromatic rings. The van der Waals surface area contributed by atoms with Crippen molar-refractivity contribution < 1.29 is 19.1 Å². The molecule has 1 atom stereocenters. The van der Waals surface area contributed by atoms with Crippen molar-refractivity contribution in [1.82, 2.24) is 4.98 Å². The number of nitrogens with zero attached hydrogens (tertiary/aromatic N) is 1. The van der Waals surface area contributed by atoms with Crippen LogP contribution in [-0.2, 0) is 19.1 Å². The third-order valence-corrected chi connectivity index (χ3v) is 2.65. The van der Waals surface area contributed by atoms with Crippen LogP contribution in [0.1, 0.15) is 13.8 Å². The number of amides is 1. The highest BCUT2D eigenvalue weighted by molar-refractivity contribution is 6.36. The highest BCUT2D eigenvalue weighted by Crippen LogP contribution is 2.22. The van der Waals surface area contributed by atoms with Gasteiger partial charge in [0.15, 0.2) is 11.9 Å². The number of hydrogen-bond donors (Lipinski definition) is 1. The van der Waals surface area contributed by atoms with E-state index in [1.54, 1.807) is 6.92 Å². The van der Waals surface area contributed by atoms with Crippen LogP contribution in [0.3, 0.4) is 0 Å². The molecule has 0 saturated carbocycles. The first-order valence-corrected chi connectivity index (χ1v) is 6.58. The predicted molar refractivity (Wildman–Crippen MR) is 74.9 cm³/mol. The fourth-order valence-electron chi connectivity index (χ4n) is 1.19. The van der Waals surface area contributed by atoms with Crippen molar-refractivity contribution in [2.75, 3.05) is 18.5 Å². The van der Waals surface area contributed by atoms with Crippen molar-refractivity contribution in [2.24, 2.45) is 0 Å². The highest BCUT2D eigenvalue weighted by Gasteiger charge is 2.19. The molecule has 1 rings (SSSR count). The summed E-state index contributed by atoms with van der Waals surface area (Å²) in [6.07, 6.45) is 0.353. The van der Waals surface area contributed by atoms with Crippen LogP contribution in [0, 0.1) is 0 Å². The number of esters is 1. The summed E-state index contributed by atoms with van der Waals surface area (Å²) in [5, 5.41) is 2.98. The molecule has 1 heterocycles. The molecule has 0 aromatic carbocycles. The van der Waals surface area contributed by atoms with Gasteiger partial charge in [-0.3, -0.25) is 4.79 Å². The van der Waals surface area contributed by atoms with E-state index in [-0.39, 0.29) is 17.4 Å². The Morgan fingerprint density at radius 3 is 2.75 bits per heavy atom. The maximum atomic E-state index is 11.8. The third kappa shape index (κ3) is 5.32. The van der Waals surface area contributed by atoms with Gasteiger partial charge in [0.2, 0.25) is 0 Å². The van der Waals surface area contributed by atoms with Crippen molar-refractivity contribution in [1.29, 1.82) is 0 Å². The van der Waals surface area contributed by atoms with Gasteiger partial charge in [0, 0.05) is 12.8 Å². The molecule has 1 N–H and O–H groups in total. The topological polar surface area (TPSA) is 77.5 Å². The molecule has 0 aliphatic heterocycles. The van der Waals surface area contributed by atoms with Crippen LogP contribution in [0.15, 0.2) is 12.3 Å². The van der Waals surface area contributed by atoms with E-state index in [2.05, 4.69) is 10.3 Å². The lowest BCUT2D eigenvalue weighted by molar-refractivity contribution is -0.157. The fraction of sp³-hybridized carbons (Fsp3) is 0.417. The summed E-state index contributed by atoms with van der Waals surface area (Å²) in [7, 11) is 0. The van der Waals surface area contributed by atoms with E-state index < -0.39 is 18.0 Å². The summed E-state index contributed by atoms with van der Waals surface area (Å²) in [5.41, 5.74) is 0. The minimum absolute atomic E-state index is 0.147. The number of halogens is 2. The first kappa shape index (κ1) is 16.7. The SMILES string of the molecule is CCOCC(=O)OC(C)C(=O)Nc1ncc(Cl)cc1Cl. The van der Waals surface area contributed by atoms with Gasteiger partial charge in [0.1, 0.15) is 6.61 Å². The Balaban J connectivity index is 2.55. The minimum atomic E-state index is -0.989. The molecule has 6 nitrogen and oxygen atoms in total. The third-order valence-electron chi connectivity index (χ3n) is 2.15. The fourth-order valence-corrected chi connectivity index (χ4v) is 1.62. The first-order valence-electron chi connectivity index (χ1n) is 5.83. The molecule has 0 saturated heterocycles. The normalized spacial score (nSPS) is 11.8. The number of carbonyl (C=O) groups excluding carboxylic acids is 2. The molecule has 0 aliphatic carbocycles. The van der Waals surface area contributed by atoms with Crippen LogP contribution in [0.2, 0.25) is 10.0 Å². The van der Waals surface area contributed by atoms with Crippen molar-refractivity contribution in [3.8, 4) is 0 Å². The maximum absolute atomic E-state index is 11.8. The first-order chi connectivity index (χ1) is 9.43. The Morgan fingerprint density at radius 2 is 2.15 bits per heavy atom. The number of rotatable bonds is 6. The van der Waals surface area contributed by atoms with Crippen molar-refractivity contribution in [3.05, 3.63) is 22.3 Å². The Kier molecular flexibility index (Phi) is 6.70. The molecule has 0 aliphatic rings. The van der Waals surface area contributed by atoms with E-state index >= 15 is 0 Å². The number of pyridine rings is 1. The largest absolute Gasteiger partial charge is 0.451 e. The van der Waals surface area contributed by atoms with Crippen LogP contribution in [0.5, 0.6) is 0 Å². The van der Waals surface area contributed by atoms with Gasteiger partial charge in [-0.25, -0.2) is 9.78 Å². The number of aromatic nitrogens is 1. The number of hydrogen-bond acceptors (Lipinski definition) is 5. The molecule has 0 spiro atoms. The van der Waals surface area contributed by atoms with Crippen LogP contribution < -0.4 is 5.32 Å². The number of carbonyl (C=O) groups is 2. The van der Waals surface area contributed by atoms with E-state index in [1.807, 2.05) is 0 Å². The quantitative estimate of drug-likeness (QED) is 0.814. The summed E-state index contributed by atoms with van der Waals surface area (Å²) in [6.45, 7) is 3.37. The van der Waals surface area contributed by atoms with Gasteiger partial charge in [0.25, 0.3) is 5.91 Å². The number of anilines is 1.